The molecule has 0 spiro atoms. The molecule has 1 saturated heterocycles. The van der Waals surface area contributed by atoms with Crippen LogP contribution in [-0.2, 0) is 4.74 Å². The minimum absolute atomic E-state index is 0.0492. The summed E-state index contributed by atoms with van der Waals surface area (Å²) in [5.41, 5.74) is 4.25. The minimum Gasteiger partial charge on any atom is -0.379 e. The van der Waals surface area contributed by atoms with Gasteiger partial charge in [0.2, 0.25) is 0 Å². The fourth-order valence-electron chi connectivity index (χ4n) is 2.84. The topological polar surface area (TPSA) is 67.4 Å². The number of carbonyl (C=O) groups is 1. The van der Waals surface area contributed by atoms with Crippen LogP contribution in [0.5, 0.6) is 0 Å². The largest absolute Gasteiger partial charge is 0.379 e. The first-order chi connectivity index (χ1) is 12.1. The van der Waals surface area contributed by atoms with Crippen molar-refractivity contribution in [1.82, 2.24) is 20.2 Å². The number of carbonyl (C=O) groups excluding carboxylic acids is 1. The van der Waals surface area contributed by atoms with Gasteiger partial charge in [-0.1, -0.05) is 12.1 Å². The molecule has 3 rings (SSSR count). The maximum absolute atomic E-state index is 12.3. The first-order valence-electron chi connectivity index (χ1n) is 8.62. The van der Waals surface area contributed by atoms with E-state index in [-0.39, 0.29) is 5.91 Å². The predicted octanol–water partition coefficient (Wildman–Crippen LogP) is 1.82. The van der Waals surface area contributed by atoms with Crippen molar-refractivity contribution in [2.45, 2.75) is 13.8 Å². The summed E-state index contributed by atoms with van der Waals surface area (Å²) in [7, 11) is 0. The summed E-state index contributed by atoms with van der Waals surface area (Å²) >= 11 is 0. The molecule has 0 saturated carbocycles. The smallest absolute Gasteiger partial charge is 0.251 e. The second kappa shape index (κ2) is 8.18. The maximum atomic E-state index is 12.3. The van der Waals surface area contributed by atoms with Crippen molar-refractivity contribution < 1.29 is 9.53 Å². The number of aromatic nitrogens is 2. The van der Waals surface area contributed by atoms with E-state index in [4.69, 9.17) is 4.74 Å². The molecular formula is C19H24N4O2. The van der Waals surface area contributed by atoms with Crippen LogP contribution in [0.25, 0.3) is 11.3 Å². The lowest BCUT2D eigenvalue weighted by atomic mass is 10.1. The molecule has 1 aromatic heterocycles. The summed E-state index contributed by atoms with van der Waals surface area (Å²) in [5, 5.41) is 2.98. The van der Waals surface area contributed by atoms with E-state index >= 15 is 0 Å². The van der Waals surface area contributed by atoms with Crippen LogP contribution in [0.2, 0.25) is 0 Å². The van der Waals surface area contributed by atoms with Gasteiger partial charge in [0, 0.05) is 43.5 Å². The van der Waals surface area contributed by atoms with E-state index in [9.17, 15) is 4.79 Å². The lowest BCUT2D eigenvalue weighted by Gasteiger charge is -2.26. The van der Waals surface area contributed by atoms with Gasteiger partial charge >= 0.3 is 0 Å². The van der Waals surface area contributed by atoms with Crippen LogP contribution in [0, 0.1) is 13.8 Å². The van der Waals surface area contributed by atoms with Gasteiger partial charge in [-0.2, -0.15) is 0 Å². The normalized spacial score (nSPS) is 15.1. The zero-order chi connectivity index (χ0) is 17.6. The van der Waals surface area contributed by atoms with Gasteiger partial charge in [0.15, 0.2) is 0 Å². The Kier molecular flexibility index (Phi) is 5.73. The quantitative estimate of drug-likeness (QED) is 0.899. The molecule has 2 heterocycles. The lowest BCUT2D eigenvalue weighted by Crippen LogP contribution is -2.41. The number of nitrogens with one attached hydrogen (secondary N) is 1. The van der Waals surface area contributed by atoms with E-state index in [1.807, 2.05) is 38.1 Å². The second-order valence-corrected chi connectivity index (χ2v) is 6.23. The van der Waals surface area contributed by atoms with Crippen LogP contribution in [0.1, 0.15) is 21.7 Å². The third kappa shape index (κ3) is 4.61. The first kappa shape index (κ1) is 17.5. The molecule has 1 N–H and O–H groups in total. The van der Waals surface area contributed by atoms with Crippen LogP contribution in [0.15, 0.2) is 30.5 Å². The molecule has 0 unspecified atom stereocenters. The Bertz CT molecular complexity index is 725. The number of ether oxygens (including phenoxy) is 1. The van der Waals surface area contributed by atoms with Gasteiger partial charge in [-0.05, 0) is 26.0 Å². The summed E-state index contributed by atoms with van der Waals surface area (Å²) in [4.78, 5) is 23.5. The van der Waals surface area contributed by atoms with Gasteiger partial charge < -0.3 is 10.1 Å². The molecule has 25 heavy (non-hydrogen) atoms. The third-order valence-electron chi connectivity index (χ3n) is 4.31. The fourth-order valence-corrected chi connectivity index (χ4v) is 2.84. The van der Waals surface area contributed by atoms with Crippen LogP contribution in [-0.4, -0.2) is 60.2 Å². The van der Waals surface area contributed by atoms with Crippen LogP contribution in [0.4, 0.5) is 0 Å². The fraction of sp³-hybridized carbons (Fsp3) is 0.421. The van der Waals surface area contributed by atoms with Gasteiger partial charge in [-0.15, -0.1) is 0 Å². The Labute approximate surface area is 148 Å². The molecular weight excluding hydrogens is 316 g/mol. The molecule has 1 aromatic carbocycles. The van der Waals surface area contributed by atoms with E-state index in [1.54, 1.807) is 6.20 Å². The Balaban J connectivity index is 1.57. The molecule has 132 valence electrons. The Morgan fingerprint density at radius 3 is 2.64 bits per heavy atom. The number of amides is 1. The SMILES string of the molecule is Cc1cnc(C)c(-c2ccc(C(=O)NCCN3CCOCC3)cc2)n1. The van der Waals surface area contributed by atoms with E-state index in [0.717, 1.165) is 55.5 Å². The molecule has 1 aliphatic heterocycles. The van der Waals surface area contributed by atoms with Crippen molar-refractivity contribution in [1.29, 1.82) is 0 Å². The molecule has 0 atom stereocenters. The molecule has 6 heteroatoms. The van der Waals surface area contributed by atoms with Crippen molar-refractivity contribution in [3.63, 3.8) is 0 Å². The number of hydrogen-bond acceptors (Lipinski definition) is 5. The van der Waals surface area contributed by atoms with Crippen molar-refractivity contribution in [2.24, 2.45) is 0 Å². The molecule has 0 bridgehead atoms. The third-order valence-corrected chi connectivity index (χ3v) is 4.31. The zero-order valence-corrected chi connectivity index (χ0v) is 14.8. The van der Waals surface area contributed by atoms with Crippen LogP contribution >= 0.6 is 0 Å². The molecule has 1 fully saturated rings. The number of aryl methyl sites for hydroxylation is 2. The Hall–Kier alpha value is -2.31. The van der Waals surface area contributed by atoms with Gasteiger partial charge in [0.05, 0.1) is 30.3 Å². The Morgan fingerprint density at radius 2 is 1.92 bits per heavy atom. The Morgan fingerprint density at radius 1 is 1.20 bits per heavy atom. The van der Waals surface area contributed by atoms with Gasteiger partial charge in [0.1, 0.15) is 0 Å². The summed E-state index contributed by atoms with van der Waals surface area (Å²) < 4.78 is 5.32. The first-order valence-corrected chi connectivity index (χ1v) is 8.62. The van der Waals surface area contributed by atoms with E-state index in [2.05, 4.69) is 20.2 Å². The molecule has 1 amide bonds. The van der Waals surface area contributed by atoms with Crippen molar-refractivity contribution in [2.75, 3.05) is 39.4 Å². The standard InChI is InChI=1S/C19H24N4O2/c1-14-13-21-15(2)18(22-14)16-3-5-17(6-4-16)19(24)20-7-8-23-9-11-25-12-10-23/h3-6,13H,7-12H2,1-2H3,(H,20,24). The second-order valence-electron chi connectivity index (χ2n) is 6.23. The summed E-state index contributed by atoms with van der Waals surface area (Å²) in [6.07, 6.45) is 1.76. The number of benzene rings is 1. The molecule has 1 aliphatic rings. The summed E-state index contributed by atoms with van der Waals surface area (Å²) in [5.74, 6) is -0.0492. The number of hydrogen-bond donors (Lipinski definition) is 1. The maximum Gasteiger partial charge on any atom is 0.251 e. The zero-order valence-electron chi connectivity index (χ0n) is 14.8. The number of morpholine rings is 1. The van der Waals surface area contributed by atoms with E-state index in [1.165, 1.54) is 0 Å². The predicted molar refractivity (Wildman–Crippen MR) is 96.5 cm³/mol. The summed E-state index contributed by atoms with van der Waals surface area (Å²) in [6, 6.07) is 7.52. The minimum atomic E-state index is -0.0492. The van der Waals surface area contributed by atoms with E-state index in [0.29, 0.717) is 12.1 Å². The highest BCUT2D eigenvalue weighted by Gasteiger charge is 2.11. The highest BCUT2D eigenvalue weighted by atomic mass is 16.5. The highest BCUT2D eigenvalue weighted by Crippen LogP contribution is 2.20. The average Bonchev–Trinajstić information content (AvgIpc) is 2.65. The number of nitrogens with zero attached hydrogens (tertiary/aromatic N) is 3. The van der Waals surface area contributed by atoms with Crippen molar-refractivity contribution >= 4 is 5.91 Å². The van der Waals surface area contributed by atoms with Gasteiger partial charge in [-0.3, -0.25) is 14.7 Å². The van der Waals surface area contributed by atoms with Gasteiger partial charge in [-0.25, -0.2) is 4.98 Å². The molecule has 2 aromatic rings. The molecule has 0 radical (unpaired) electrons. The summed E-state index contributed by atoms with van der Waals surface area (Å²) in [6.45, 7) is 8.77. The molecule has 0 aliphatic carbocycles. The van der Waals surface area contributed by atoms with Gasteiger partial charge in [0.25, 0.3) is 5.91 Å². The molecule has 6 nitrogen and oxygen atoms in total. The van der Waals surface area contributed by atoms with Crippen molar-refractivity contribution in [3.05, 3.63) is 47.4 Å². The average molecular weight is 340 g/mol. The van der Waals surface area contributed by atoms with Crippen molar-refractivity contribution in [3.8, 4) is 11.3 Å². The number of rotatable bonds is 5. The monoisotopic (exact) mass is 340 g/mol. The lowest BCUT2D eigenvalue weighted by molar-refractivity contribution is 0.0383. The van der Waals surface area contributed by atoms with Crippen LogP contribution in [0.3, 0.4) is 0 Å². The van der Waals surface area contributed by atoms with E-state index < -0.39 is 0 Å². The van der Waals surface area contributed by atoms with Crippen LogP contribution < -0.4 is 5.32 Å². The highest BCUT2D eigenvalue weighted by molar-refractivity contribution is 5.94.